The van der Waals surface area contributed by atoms with Gasteiger partial charge in [0.2, 0.25) is 5.90 Å². The van der Waals surface area contributed by atoms with Gasteiger partial charge >= 0.3 is 5.97 Å². The average Bonchev–Trinajstić information content (AvgIpc) is 3.06. The normalized spacial score (nSPS) is 14.9. The summed E-state index contributed by atoms with van der Waals surface area (Å²) in [5.41, 5.74) is 3.05. The van der Waals surface area contributed by atoms with Crippen LogP contribution in [0, 0.1) is 6.92 Å². The molecule has 28 heavy (non-hydrogen) atoms. The van der Waals surface area contributed by atoms with E-state index in [9.17, 15) is 4.79 Å². The van der Waals surface area contributed by atoms with E-state index in [0.717, 1.165) is 35.5 Å². The van der Waals surface area contributed by atoms with Crippen molar-refractivity contribution < 1.29 is 14.3 Å². The quantitative estimate of drug-likeness (QED) is 0.320. The van der Waals surface area contributed by atoms with Gasteiger partial charge in [0.15, 0.2) is 5.70 Å². The molecule has 4 heteroatoms. The van der Waals surface area contributed by atoms with E-state index in [4.69, 9.17) is 9.47 Å². The number of carbonyl (C=O) groups excluding carboxylic acids is 1. The number of aliphatic imine (C=N–C) groups is 1. The molecule has 4 nitrogen and oxygen atoms in total. The highest BCUT2D eigenvalue weighted by molar-refractivity contribution is 6.13. The first-order valence-electron chi connectivity index (χ1n) is 9.99. The number of aryl methyl sites for hydroxylation is 1. The van der Waals surface area contributed by atoms with Crippen LogP contribution in [0.2, 0.25) is 0 Å². The number of unbranched alkanes of at least 4 members (excludes halogenated alkanes) is 4. The van der Waals surface area contributed by atoms with Crippen molar-refractivity contribution in [3.8, 4) is 5.75 Å². The summed E-state index contributed by atoms with van der Waals surface area (Å²) in [6.45, 7) is 4.92. The van der Waals surface area contributed by atoms with Gasteiger partial charge in [0.05, 0.1) is 6.61 Å². The van der Waals surface area contributed by atoms with Gasteiger partial charge in [0.25, 0.3) is 0 Å². The molecule has 0 saturated heterocycles. The molecule has 2 aromatic rings. The highest BCUT2D eigenvalue weighted by Crippen LogP contribution is 2.22. The fraction of sp³-hybridized carbons (Fsp3) is 0.333. The molecule has 3 rings (SSSR count). The van der Waals surface area contributed by atoms with Crippen molar-refractivity contribution in [2.75, 3.05) is 6.61 Å². The number of esters is 1. The molecule has 0 spiro atoms. The molecule has 0 radical (unpaired) electrons. The first kappa shape index (κ1) is 19.9. The standard InChI is InChI=1S/C24H27NO3/c1-3-4-5-6-9-16-27-20-14-12-19(13-15-20)17-22-24(26)28-23(25-22)21-11-8-7-10-18(21)2/h7-8,10-15,17H,3-6,9,16H2,1-2H3/b22-17+. The van der Waals surface area contributed by atoms with Gasteiger partial charge in [-0.05, 0) is 48.7 Å². The average molecular weight is 377 g/mol. The minimum Gasteiger partial charge on any atom is -0.494 e. The van der Waals surface area contributed by atoms with E-state index < -0.39 is 5.97 Å². The van der Waals surface area contributed by atoms with Crippen LogP contribution in [0.3, 0.4) is 0 Å². The predicted octanol–water partition coefficient (Wildman–Crippen LogP) is 5.69. The SMILES string of the molecule is CCCCCCCOc1ccc(/C=C2/N=C(c3ccccc3C)OC2=O)cc1. The molecule has 1 aliphatic rings. The van der Waals surface area contributed by atoms with Crippen LogP contribution in [-0.2, 0) is 9.53 Å². The highest BCUT2D eigenvalue weighted by atomic mass is 16.6. The number of hydrogen-bond acceptors (Lipinski definition) is 4. The number of ether oxygens (including phenoxy) is 2. The zero-order valence-electron chi connectivity index (χ0n) is 16.6. The van der Waals surface area contributed by atoms with E-state index in [1.165, 1.54) is 25.7 Å². The first-order chi connectivity index (χ1) is 13.7. The lowest BCUT2D eigenvalue weighted by molar-refractivity contribution is -0.129. The highest BCUT2D eigenvalue weighted by Gasteiger charge is 2.24. The Morgan fingerprint density at radius 3 is 2.50 bits per heavy atom. The fourth-order valence-electron chi connectivity index (χ4n) is 3.05. The Labute approximate surface area is 166 Å². The number of rotatable bonds is 9. The van der Waals surface area contributed by atoms with Gasteiger partial charge in [0, 0.05) is 5.56 Å². The van der Waals surface area contributed by atoms with E-state index in [0.29, 0.717) is 11.6 Å². The molecular formula is C24H27NO3. The Hall–Kier alpha value is -2.88. The zero-order chi connectivity index (χ0) is 19.8. The van der Waals surface area contributed by atoms with Crippen LogP contribution in [-0.4, -0.2) is 18.5 Å². The molecule has 0 atom stereocenters. The van der Waals surface area contributed by atoms with Crippen molar-refractivity contribution in [2.24, 2.45) is 4.99 Å². The van der Waals surface area contributed by atoms with Crippen molar-refractivity contribution in [3.05, 3.63) is 70.9 Å². The van der Waals surface area contributed by atoms with Gasteiger partial charge in [0.1, 0.15) is 5.75 Å². The largest absolute Gasteiger partial charge is 0.494 e. The van der Waals surface area contributed by atoms with Crippen LogP contribution in [0.1, 0.15) is 55.7 Å². The fourth-order valence-corrected chi connectivity index (χ4v) is 3.05. The second-order valence-electron chi connectivity index (χ2n) is 6.98. The van der Waals surface area contributed by atoms with Crippen LogP contribution in [0.4, 0.5) is 0 Å². The van der Waals surface area contributed by atoms with Crippen molar-refractivity contribution in [3.63, 3.8) is 0 Å². The minimum atomic E-state index is -0.425. The lowest BCUT2D eigenvalue weighted by Crippen LogP contribution is -2.06. The van der Waals surface area contributed by atoms with Crippen molar-refractivity contribution in [1.82, 2.24) is 0 Å². The Balaban J connectivity index is 1.60. The Morgan fingerprint density at radius 1 is 1.00 bits per heavy atom. The molecule has 146 valence electrons. The Kier molecular flexibility index (Phi) is 7.01. The summed E-state index contributed by atoms with van der Waals surface area (Å²) < 4.78 is 11.1. The molecule has 2 aromatic carbocycles. The second-order valence-corrected chi connectivity index (χ2v) is 6.98. The zero-order valence-corrected chi connectivity index (χ0v) is 16.6. The molecule has 0 saturated carbocycles. The maximum atomic E-state index is 12.2. The lowest BCUT2D eigenvalue weighted by Gasteiger charge is -2.06. The van der Waals surface area contributed by atoms with Crippen molar-refractivity contribution in [1.29, 1.82) is 0 Å². The van der Waals surface area contributed by atoms with Gasteiger partial charge < -0.3 is 9.47 Å². The molecule has 1 aliphatic heterocycles. The summed E-state index contributed by atoms with van der Waals surface area (Å²) in [5.74, 6) is 0.777. The lowest BCUT2D eigenvalue weighted by atomic mass is 10.1. The van der Waals surface area contributed by atoms with E-state index >= 15 is 0 Å². The topological polar surface area (TPSA) is 47.9 Å². The monoisotopic (exact) mass is 377 g/mol. The van der Waals surface area contributed by atoms with Crippen molar-refractivity contribution >= 4 is 17.9 Å². The Morgan fingerprint density at radius 2 is 1.75 bits per heavy atom. The van der Waals surface area contributed by atoms with E-state index in [2.05, 4.69) is 11.9 Å². The smallest absolute Gasteiger partial charge is 0.363 e. The predicted molar refractivity (Wildman–Crippen MR) is 112 cm³/mol. The second kappa shape index (κ2) is 9.88. The van der Waals surface area contributed by atoms with Crippen LogP contribution >= 0.6 is 0 Å². The van der Waals surface area contributed by atoms with Gasteiger partial charge in [-0.25, -0.2) is 9.79 Å². The summed E-state index contributed by atoms with van der Waals surface area (Å²) >= 11 is 0. The molecule has 0 aliphatic carbocycles. The summed E-state index contributed by atoms with van der Waals surface area (Å²) in [6, 6.07) is 15.4. The molecule has 0 bridgehead atoms. The van der Waals surface area contributed by atoms with Crippen LogP contribution in [0.5, 0.6) is 5.75 Å². The Bertz CT molecular complexity index is 866. The molecule has 0 amide bonds. The van der Waals surface area contributed by atoms with Crippen LogP contribution < -0.4 is 4.74 Å². The number of hydrogen-bond donors (Lipinski definition) is 0. The summed E-state index contributed by atoms with van der Waals surface area (Å²) in [6.07, 6.45) is 7.84. The maximum absolute atomic E-state index is 12.2. The van der Waals surface area contributed by atoms with E-state index in [1.807, 2.05) is 55.5 Å². The van der Waals surface area contributed by atoms with Crippen LogP contribution in [0.15, 0.2) is 59.2 Å². The van der Waals surface area contributed by atoms with E-state index in [1.54, 1.807) is 6.08 Å². The minimum absolute atomic E-state index is 0.308. The third-order valence-electron chi connectivity index (χ3n) is 4.70. The molecule has 0 unspecified atom stereocenters. The van der Waals surface area contributed by atoms with E-state index in [-0.39, 0.29) is 0 Å². The third kappa shape index (κ3) is 5.32. The molecular weight excluding hydrogens is 350 g/mol. The number of cyclic esters (lactones) is 1. The molecule has 1 heterocycles. The molecule has 0 N–H and O–H groups in total. The third-order valence-corrected chi connectivity index (χ3v) is 4.70. The van der Waals surface area contributed by atoms with Gasteiger partial charge in [-0.15, -0.1) is 0 Å². The molecule has 0 fully saturated rings. The number of nitrogens with zero attached hydrogens (tertiary/aromatic N) is 1. The first-order valence-corrected chi connectivity index (χ1v) is 9.99. The summed E-state index contributed by atoms with van der Waals surface area (Å²) in [5, 5.41) is 0. The molecule has 0 aromatic heterocycles. The van der Waals surface area contributed by atoms with Crippen molar-refractivity contribution in [2.45, 2.75) is 46.0 Å². The summed E-state index contributed by atoms with van der Waals surface area (Å²) in [7, 11) is 0. The van der Waals surface area contributed by atoms with Gasteiger partial charge in [-0.2, -0.15) is 0 Å². The maximum Gasteiger partial charge on any atom is 0.363 e. The summed E-state index contributed by atoms with van der Waals surface area (Å²) in [4.78, 5) is 16.5. The number of benzene rings is 2. The van der Waals surface area contributed by atoms with Gasteiger partial charge in [-0.1, -0.05) is 62.9 Å². The van der Waals surface area contributed by atoms with Crippen LogP contribution in [0.25, 0.3) is 6.08 Å². The number of carbonyl (C=O) groups is 1. The van der Waals surface area contributed by atoms with Gasteiger partial charge in [-0.3, -0.25) is 0 Å².